The lowest BCUT2D eigenvalue weighted by molar-refractivity contribution is -0.127. The fourth-order valence-corrected chi connectivity index (χ4v) is 2.60. The zero-order chi connectivity index (χ0) is 13.1. The molecule has 0 unspecified atom stereocenters. The minimum atomic E-state index is -0.913. The van der Waals surface area contributed by atoms with Crippen LogP contribution >= 0.6 is 11.8 Å². The molecule has 1 heterocycles. The van der Waals surface area contributed by atoms with Crippen molar-refractivity contribution in [3.05, 3.63) is 29.8 Å². The normalized spacial score (nSPS) is 19.3. The van der Waals surface area contributed by atoms with Crippen LogP contribution in [0.5, 0.6) is 0 Å². The monoisotopic (exact) mass is 273 g/mol. The SMILES string of the molecule is O=C(CSc1ccc(F)c(F)c1)N1CC[C@@H](O)C1. The summed E-state index contributed by atoms with van der Waals surface area (Å²) in [5, 5.41) is 9.31. The second kappa shape index (κ2) is 5.67. The predicted octanol–water partition coefficient (Wildman–Crippen LogP) is 1.65. The molecule has 18 heavy (non-hydrogen) atoms. The minimum Gasteiger partial charge on any atom is -0.391 e. The molecule has 0 aromatic heterocycles. The van der Waals surface area contributed by atoms with Gasteiger partial charge in [-0.25, -0.2) is 8.78 Å². The second-order valence-electron chi connectivity index (χ2n) is 4.15. The van der Waals surface area contributed by atoms with Crippen molar-refractivity contribution in [1.82, 2.24) is 4.90 Å². The number of thioether (sulfide) groups is 1. The quantitative estimate of drug-likeness (QED) is 0.851. The highest BCUT2D eigenvalue weighted by molar-refractivity contribution is 8.00. The summed E-state index contributed by atoms with van der Waals surface area (Å²) in [6.07, 6.45) is 0.156. The molecule has 1 aromatic rings. The van der Waals surface area contributed by atoms with Gasteiger partial charge < -0.3 is 10.0 Å². The van der Waals surface area contributed by atoms with Gasteiger partial charge in [-0.2, -0.15) is 0 Å². The maximum atomic E-state index is 12.9. The van der Waals surface area contributed by atoms with Crippen molar-refractivity contribution in [2.24, 2.45) is 0 Å². The van der Waals surface area contributed by atoms with Crippen LogP contribution in [0.3, 0.4) is 0 Å². The van der Waals surface area contributed by atoms with Gasteiger partial charge in [0.15, 0.2) is 11.6 Å². The Morgan fingerprint density at radius 2 is 2.22 bits per heavy atom. The Kier molecular flexibility index (Phi) is 4.19. The van der Waals surface area contributed by atoms with Gasteiger partial charge in [0.2, 0.25) is 5.91 Å². The van der Waals surface area contributed by atoms with E-state index in [0.717, 1.165) is 23.9 Å². The topological polar surface area (TPSA) is 40.5 Å². The molecule has 0 aliphatic carbocycles. The third kappa shape index (κ3) is 3.20. The van der Waals surface area contributed by atoms with E-state index < -0.39 is 17.7 Å². The van der Waals surface area contributed by atoms with Crippen molar-refractivity contribution in [3.63, 3.8) is 0 Å². The molecule has 1 amide bonds. The van der Waals surface area contributed by atoms with E-state index in [1.165, 1.54) is 6.07 Å². The number of amides is 1. The number of carbonyl (C=O) groups is 1. The summed E-state index contributed by atoms with van der Waals surface area (Å²) in [4.78, 5) is 13.8. The van der Waals surface area contributed by atoms with E-state index in [9.17, 15) is 18.7 Å². The Labute approximate surface area is 108 Å². The summed E-state index contributed by atoms with van der Waals surface area (Å²) in [5.74, 6) is -1.74. The molecule has 1 aliphatic heterocycles. The van der Waals surface area contributed by atoms with E-state index in [0.29, 0.717) is 24.4 Å². The average Bonchev–Trinajstić information content (AvgIpc) is 2.77. The van der Waals surface area contributed by atoms with E-state index in [2.05, 4.69) is 0 Å². The van der Waals surface area contributed by atoms with Gasteiger partial charge in [-0.1, -0.05) is 0 Å². The standard InChI is InChI=1S/C12H13F2NO2S/c13-10-2-1-9(5-11(10)14)18-7-12(17)15-4-3-8(16)6-15/h1-2,5,8,16H,3-4,6-7H2/t8-/m1/s1. The molecular formula is C12H13F2NO2S. The zero-order valence-corrected chi connectivity index (χ0v) is 10.4. The predicted molar refractivity (Wildman–Crippen MR) is 64.3 cm³/mol. The molecule has 1 atom stereocenters. The molecule has 2 rings (SSSR count). The van der Waals surface area contributed by atoms with Crippen LogP contribution in [0.15, 0.2) is 23.1 Å². The number of hydrogen-bond donors (Lipinski definition) is 1. The first-order chi connectivity index (χ1) is 8.56. The van der Waals surface area contributed by atoms with Crippen molar-refractivity contribution >= 4 is 17.7 Å². The van der Waals surface area contributed by atoms with Gasteiger partial charge >= 0.3 is 0 Å². The molecule has 98 valence electrons. The van der Waals surface area contributed by atoms with Crippen LogP contribution < -0.4 is 0 Å². The molecule has 1 fully saturated rings. The van der Waals surface area contributed by atoms with Gasteiger partial charge in [0.05, 0.1) is 11.9 Å². The van der Waals surface area contributed by atoms with Crippen molar-refractivity contribution in [1.29, 1.82) is 0 Å². The Morgan fingerprint density at radius 3 is 2.83 bits per heavy atom. The lowest BCUT2D eigenvalue weighted by atomic mass is 10.3. The third-order valence-corrected chi connectivity index (χ3v) is 3.75. The number of aliphatic hydroxyl groups is 1. The van der Waals surface area contributed by atoms with Crippen LogP contribution in [0.1, 0.15) is 6.42 Å². The van der Waals surface area contributed by atoms with E-state index in [1.54, 1.807) is 4.90 Å². The summed E-state index contributed by atoms with van der Waals surface area (Å²) in [5.41, 5.74) is 0. The number of carbonyl (C=O) groups excluding carboxylic acids is 1. The highest BCUT2D eigenvalue weighted by Crippen LogP contribution is 2.21. The maximum Gasteiger partial charge on any atom is 0.233 e. The Morgan fingerprint density at radius 1 is 1.44 bits per heavy atom. The molecule has 1 aromatic carbocycles. The third-order valence-electron chi connectivity index (χ3n) is 2.77. The largest absolute Gasteiger partial charge is 0.391 e. The fraction of sp³-hybridized carbons (Fsp3) is 0.417. The smallest absolute Gasteiger partial charge is 0.233 e. The second-order valence-corrected chi connectivity index (χ2v) is 5.20. The summed E-state index contributed by atoms with van der Waals surface area (Å²) < 4.78 is 25.6. The van der Waals surface area contributed by atoms with Gasteiger partial charge in [0, 0.05) is 18.0 Å². The van der Waals surface area contributed by atoms with Crippen molar-refractivity contribution in [2.45, 2.75) is 17.4 Å². The number of benzene rings is 1. The summed E-state index contributed by atoms with van der Waals surface area (Å²) >= 11 is 1.16. The Bertz CT molecular complexity index is 456. The first-order valence-corrected chi connectivity index (χ1v) is 6.58. The average molecular weight is 273 g/mol. The molecule has 1 N–H and O–H groups in total. The molecule has 0 spiro atoms. The van der Waals surface area contributed by atoms with Crippen LogP contribution in [0.4, 0.5) is 8.78 Å². The van der Waals surface area contributed by atoms with Crippen molar-refractivity contribution in [2.75, 3.05) is 18.8 Å². The molecule has 3 nitrogen and oxygen atoms in total. The van der Waals surface area contributed by atoms with E-state index in [-0.39, 0.29) is 11.7 Å². The summed E-state index contributed by atoms with van der Waals surface area (Å²) in [7, 11) is 0. The molecule has 0 saturated carbocycles. The van der Waals surface area contributed by atoms with Gasteiger partial charge in [-0.3, -0.25) is 4.79 Å². The molecule has 0 radical (unpaired) electrons. The van der Waals surface area contributed by atoms with Gasteiger partial charge in [0.1, 0.15) is 0 Å². The molecule has 6 heteroatoms. The Balaban J connectivity index is 1.87. The molecule has 1 saturated heterocycles. The van der Waals surface area contributed by atoms with Crippen LogP contribution in [-0.4, -0.2) is 40.9 Å². The van der Waals surface area contributed by atoms with E-state index in [1.807, 2.05) is 0 Å². The highest BCUT2D eigenvalue weighted by Gasteiger charge is 2.24. The number of β-amino-alcohol motifs (C(OH)–C–C–N with tert-alkyl or cyclic N) is 1. The molecular weight excluding hydrogens is 260 g/mol. The number of halogens is 2. The van der Waals surface area contributed by atoms with Crippen LogP contribution in [0.2, 0.25) is 0 Å². The highest BCUT2D eigenvalue weighted by atomic mass is 32.2. The van der Waals surface area contributed by atoms with Crippen molar-refractivity contribution in [3.8, 4) is 0 Å². The minimum absolute atomic E-state index is 0.0960. The fourth-order valence-electron chi connectivity index (χ4n) is 1.77. The number of hydrogen-bond acceptors (Lipinski definition) is 3. The summed E-state index contributed by atoms with van der Waals surface area (Å²) in [6.45, 7) is 0.912. The van der Waals surface area contributed by atoms with E-state index >= 15 is 0 Å². The number of rotatable bonds is 3. The van der Waals surface area contributed by atoms with Gasteiger partial charge in [0.25, 0.3) is 0 Å². The molecule has 0 bridgehead atoms. The van der Waals surface area contributed by atoms with Crippen LogP contribution in [0, 0.1) is 11.6 Å². The summed E-state index contributed by atoms with van der Waals surface area (Å²) in [6, 6.07) is 3.56. The Hall–Kier alpha value is -1.14. The number of aliphatic hydroxyl groups excluding tert-OH is 1. The van der Waals surface area contributed by atoms with Gasteiger partial charge in [-0.05, 0) is 24.6 Å². The van der Waals surface area contributed by atoms with Crippen LogP contribution in [-0.2, 0) is 4.79 Å². The lowest BCUT2D eigenvalue weighted by Crippen LogP contribution is -2.30. The first kappa shape index (κ1) is 13.3. The van der Waals surface area contributed by atoms with Crippen LogP contribution in [0.25, 0.3) is 0 Å². The molecule has 1 aliphatic rings. The number of nitrogens with zero attached hydrogens (tertiary/aromatic N) is 1. The zero-order valence-electron chi connectivity index (χ0n) is 9.60. The van der Waals surface area contributed by atoms with Gasteiger partial charge in [-0.15, -0.1) is 11.8 Å². The van der Waals surface area contributed by atoms with E-state index in [4.69, 9.17) is 0 Å². The lowest BCUT2D eigenvalue weighted by Gasteiger charge is -2.14. The first-order valence-electron chi connectivity index (χ1n) is 5.60. The maximum absolute atomic E-state index is 12.9. The van der Waals surface area contributed by atoms with Crippen molar-refractivity contribution < 1.29 is 18.7 Å². The number of likely N-dealkylation sites (tertiary alicyclic amines) is 1.